The van der Waals surface area contributed by atoms with Gasteiger partial charge in [0.1, 0.15) is 0 Å². The van der Waals surface area contributed by atoms with Crippen molar-refractivity contribution < 1.29 is 5.11 Å². The van der Waals surface area contributed by atoms with Gasteiger partial charge < -0.3 is 5.11 Å². The van der Waals surface area contributed by atoms with E-state index < -0.39 is 0 Å². The van der Waals surface area contributed by atoms with Crippen LogP contribution in [0, 0.1) is 0 Å². The number of rotatable bonds is 15. The van der Waals surface area contributed by atoms with E-state index in [-0.39, 0.29) is 6.10 Å². The minimum atomic E-state index is -0.187. The van der Waals surface area contributed by atoms with E-state index in [4.69, 9.17) is 5.11 Å². The molecule has 0 aromatic carbocycles. The third-order valence-electron chi connectivity index (χ3n) is 3.87. The highest BCUT2D eigenvalue weighted by Crippen LogP contribution is 2.12. The molecule has 1 heteroatoms. The normalized spacial score (nSPS) is 13.2. The maximum atomic E-state index is 9.10. The van der Waals surface area contributed by atoms with Gasteiger partial charge in [-0.3, -0.25) is 0 Å². The van der Waals surface area contributed by atoms with Crippen LogP contribution in [0.15, 0.2) is 12.2 Å². The fourth-order valence-corrected chi connectivity index (χ4v) is 2.51. The van der Waals surface area contributed by atoms with Crippen LogP contribution >= 0.6 is 0 Å². The zero-order valence-electron chi connectivity index (χ0n) is 14.1. The number of aliphatic hydroxyl groups excluding tert-OH is 1. The molecule has 0 heterocycles. The summed E-state index contributed by atoms with van der Waals surface area (Å²) < 4.78 is 0. The lowest BCUT2D eigenvalue weighted by Gasteiger charge is -2.02. The average Bonchev–Trinajstić information content (AvgIpc) is 2.43. The van der Waals surface area contributed by atoms with Crippen molar-refractivity contribution in [2.24, 2.45) is 0 Å². The molecule has 1 atom stereocenters. The van der Waals surface area contributed by atoms with E-state index in [2.05, 4.69) is 19.1 Å². The third kappa shape index (κ3) is 17.7. The highest BCUT2D eigenvalue weighted by Gasteiger charge is 1.93. The summed E-state index contributed by atoms with van der Waals surface area (Å²) in [5.74, 6) is 0. The van der Waals surface area contributed by atoms with Crippen LogP contribution in [0.2, 0.25) is 0 Å². The Morgan fingerprint density at radius 1 is 0.700 bits per heavy atom. The first kappa shape index (κ1) is 19.7. The Kier molecular flexibility index (Phi) is 16.5. The smallest absolute Gasteiger partial charge is 0.0546 e. The molecule has 0 aromatic rings. The summed E-state index contributed by atoms with van der Waals surface area (Å²) in [7, 11) is 0. The van der Waals surface area contributed by atoms with Crippen molar-refractivity contribution in [3.63, 3.8) is 0 Å². The van der Waals surface area contributed by atoms with E-state index >= 15 is 0 Å². The summed E-state index contributed by atoms with van der Waals surface area (Å²) in [5, 5.41) is 9.10. The minimum Gasteiger partial charge on any atom is -0.393 e. The number of hydrogen-bond acceptors (Lipinski definition) is 1. The van der Waals surface area contributed by atoms with Gasteiger partial charge in [0, 0.05) is 0 Å². The highest BCUT2D eigenvalue weighted by molar-refractivity contribution is 4.82. The Labute approximate surface area is 127 Å². The Bertz CT molecular complexity index is 196. The van der Waals surface area contributed by atoms with Gasteiger partial charge in [0.15, 0.2) is 0 Å². The number of hydrogen-bond donors (Lipinski definition) is 1. The lowest BCUT2D eigenvalue weighted by Crippen LogP contribution is -1.95. The molecule has 0 radical (unpaired) electrons. The molecule has 0 fully saturated rings. The zero-order valence-corrected chi connectivity index (χ0v) is 14.1. The second kappa shape index (κ2) is 16.8. The average molecular weight is 283 g/mol. The second-order valence-corrected chi connectivity index (χ2v) is 6.23. The molecule has 0 spiro atoms. The van der Waals surface area contributed by atoms with Gasteiger partial charge in [-0.15, -0.1) is 0 Å². The van der Waals surface area contributed by atoms with E-state index in [0.29, 0.717) is 0 Å². The topological polar surface area (TPSA) is 20.2 Å². The first-order valence-electron chi connectivity index (χ1n) is 9.10. The van der Waals surface area contributed by atoms with Gasteiger partial charge in [0.05, 0.1) is 6.10 Å². The Morgan fingerprint density at radius 2 is 1.15 bits per heavy atom. The first-order chi connectivity index (χ1) is 9.77. The van der Waals surface area contributed by atoms with Crippen LogP contribution in [0.25, 0.3) is 0 Å². The lowest BCUT2D eigenvalue weighted by atomic mass is 10.0. The summed E-state index contributed by atoms with van der Waals surface area (Å²) in [4.78, 5) is 0. The summed E-state index contributed by atoms with van der Waals surface area (Å²) in [6, 6.07) is 0. The fraction of sp³-hybridized carbons (Fsp3) is 0.895. The molecule has 1 nitrogen and oxygen atoms in total. The van der Waals surface area contributed by atoms with E-state index in [1.54, 1.807) is 0 Å². The number of allylic oxidation sites excluding steroid dienone is 1. The monoisotopic (exact) mass is 282 g/mol. The summed E-state index contributed by atoms with van der Waals surface area (Å²) in [6.07, 6.45) is 23.1. The maximum absolute atomic E-state index is 9.10. The van der Waals surface area contributed by atoms with Crippen LogP contribution in [0.4, 0.5) is 0 Å². The van der Waals surface area contributed by atoms with E-state index in [1.165, 1.54) is 83.5 Å². The molecule has 120 valence electrons. The predicted octanol–water partition coefficient (Wildman–Crippen LogP) is 6.40. The molecule has 0 aliphatic carbocycles. The number of aliphatic hydroxyl groups is 1. The highest BCUT2D eigenvalue weighted by atomic mass is 16.3. The van der Waals surface area contributed by atoms with Gasteiger partial charge in [-0.2, -0.15) is 0 Å². The van der Waals surface area contributed by atoms with Gasteiger partial charge in [0.25, 0.3) is 0 Å². The SMILES string of the molecule is CCCCCCCCCCCCCCC=CCC(C)O. The Hall–Kier alpha value is -0.300. The van der Waals surface area contributed by atoms with Crippen LogP contribution in [-0.2, 0) is 0 Å². The van der Waals surface area contributed by atoms with E-state index in [1.807, 2.05) is 6.92 Å². The summed E-state index contributed by atoms with van der Waals surface area (Å²) in [5.41, 5.74) is 0. The second-order valence-electron chi connectivity index (χ2n) is 6.23. The van der Waals surface area contributed by atoms with Crippen molar-refractivity contribution in [1.29, 1.82) is 0 Å². The molecular formula is C19H38O. The molecule has 1 unspecified atom stereocenters. The van der Waals surface area contributed by atoms with Crippen molar-refractivity contribution in [3.05, 3.63) is 12.2 Å². The predicted molar refractivity (Wildman–Crippen MR) is 91.1 cm³/mol. The van der Waals surface area contributed by atoms with Crippen LogP contribution < -0.4 is 0 Å². The van der Waals surface area contributed by atoms with Crippen LogP contribution in [0.1, 0.15) is 104 Å². The van der Waals surface area contributed by atoms with Crippen LogP contribution in [0.5, 0.6) is 0 Å². The number of unbranched alkanes of at least 4 members (excludes halogenated alkanes) is 12. The molecule has 0 bridgehead atoms. The van der Waals surface area contributed by atoms with Gasteiger partial charge in [0.2, 0.25) is 0 Å². The Morgan fingerprint density at radius 3 is 1.60 bits per heavy atom. The van der Waals surface area contributed by atoms with Crippen molar-refractivity contribution in [2.45, 2.75) is 110 Å². The molecule has 0 aliphatic rings. The van der Waals surface area contributed by atoms with Gasteiger partial charge >= 0.3 is 0 Å². The molecular weight excluding hydrogens is 244 g/mol. The van der Waals surface area contributed by atoms with Gasteiger partial charge in [-0.25, -0.2) is 0 Å². The zero-order chi connectivity index (χ0) is 14.9. The maximum Gasteiger partial charge on any atom is 0.0546 e. The minimum absolute atomic E-state index is 0.187. The van der Waals surface area contributed by atoms with Gasteiger partial charge in [-0.1, -0.05) is 89.7 Å². The molecule has 0 rings (SSSR count). The van der Waals surface area contributed by atoms with Crippen molar-refractivity contribution in [3.8, 4) is 0 Å². The molecule has 20 heavy (non-hydrogen) atoms. The molecule has 0 saturated carbocycles. The van der Waals surface area contributed by atoms with E-state index in [9.17, 15) is 0 Å². The van der Waals surface area contributed by atoms with Gasteiger partial charge in [-0.05, 0) is 26.2 Å². The molecule has 0 aromatic heterocycles. The van der Waals surface area contributed by atoms with Crippen molar-refractivity contribution >= 4 is 0 Å². The van der Waals surface area contributed by atoms with Crippen LogP contribution in [0.3, 0.4) is 0 Å². The third-order valence-corrected chi connectivity index (χ3v) is 3.87. The molecule has 0 aliphatic heterocycles. The fourth-order valence-electron chi connectivity index (χ4n) is 2.51. The largest absolute Gasteiger partial charge is 0.393 e. The summed E-state index contributed by atoms with van der Waals surface area (Å²) >= 11 is 0. The molecule has 0 amide bonds. The van der Waals surface area contributed by atoms with E-state index in [0.717, 1.165) is 6.42 Å². The Balaban J connectivity index is 3.01. The summed E-state index contributed by atoms with van der Waals surface area (Å²) in [6.45, 7) is 4.12. The van der Waals surface area contributed by atoms with Crippen LogP contribution in [-0.4, -0.2) is 11.2 Å². The lowest BCUT2D eigenvalue weighted by molar-refractivity contribution is 0.198. The molecule has 1 N–H and O–H groups in total. The van der Waals surface area contributed by atoms with Crippen molar-refractivity contribution in [1.82, 2.24) is 0 Å². The standard InChI is InChI=1S/C19H38O/c1-3-4-5-6-7-8-9-10-11-12-13-14-15-16-17-18-19(2)20/h16-17,19-20H,3-15,18H2,1-2H3. The van der Waals surface area contributed by atoms with Crippen molar-refractivity contribution in [2.75, 3.05) is 0 Å². The first-order valence-corrected chi connectivity index (χ1v) is 9.10. The molecule has 0 saturated heterocycles. The quantitative estimate of drug-likeness (QED) is 0.272.